The number of aryl methyl sites for hydroxylation is 1. The molecule has 3 aromatic carbocycles. The van der Waals surface area contributed by atoms with E-state index in [9.17, 15) is 0 Å². The van der Waals surface area contributed by atoms with Crippen molar-refractivity contribution in [3.05, 3.63) is 101 Å². The van der Waals surface area contributed by atoms with Crippen molar-refractivity contribution in [3.63, 3.8) is 0 Å². The molecule has 5 heteroatoms. The third-order valence-electron chi connectivity index (χ3n) is 5.09. The molecular formula is C25H24ClN3O. The molecule has 0 radical (unpaired) electrons. The average Bonchev–Trinajstić information content (AvgIpc) is 3.20. The maximum Gasteiger partial charge on any atom is 0.203 e. The van der Waals surface area contributed by atoms with Gasteiger partial charge in [-0.3, -0.25) is 0 Å². The van der Waals surface area contributed by atoms with Crippen LogP contribution in [0.25, 0.3) is 11.3 Å². The SMILES string of the molecule is COc1ccccc1CNc1ncc(-c2ccc(Cl)cc2)n1CCc1ccccc1. The van der Waals surface area contributed by atoms with Gasteiger partial charge < -0.3 is 14.6 Å². The van der Waals surface area contributed by atoms with E-state index in [0.29, 0.717) is 6.54 Å². The Balaban J connectivity index is 1.61. The summed E-state index contributed by atoms with van der Waals surface area (Å²) >= 11 is 6.08. The molecule has 4 nitrogen and oxygen atoms in total. The highest BCUT2D eigenvalue weighted by atomic mass is 35.5. The number of hydrogen-bond acceptors (Lipinski definition) is 3. The van der Waals surface area contributed by atoms with Crippen LogP contribution >= 0.6 is 11.6 Å². The summed E-state index contributed by atoms with van der Waals surface area (Å²) in [6.07, 6.45) is 2.83. The summed E-state index contributed by atoms with van der Waals surface area (Å²) in [4.78, 5) is 4.68. The van der Waals surface area contributed by atoms with Gasteiger partial charge in [-0.15, -0.1) is 0 Å². The highest BCUT2D eigenvalue weighted by molar-refractivity contribution is 6.30. The Morgan fingerprint density at radius 1 is 0.933 bits per heavy atom. The lowest BCUT2D eigenvalue weighted by atomic mass is 10.1. The molecule has 1 aromatic heterocycles. The molecule has 0 amide bonds. The minimum Gasteiger partial charge on any atom is -0.496 e. The Kier molecular flexibility index (Phi) is 6.35. The third-order valence-corrected chi connectivity index (χ3v) is 5.34. The van der Waals surface area contributed by atoms with E-state index < -0.39 is 0 Å². The first-order chi connectivity index (χ1) is 14.7. The molecule has 30 heavy (non-hydrogen) atoms. The smallest absolute Gasteiger partial charge is 0.203 e. The number of imidazole rings is 1. The molecule has 1 N–H and O–H groups in total. The minimum absolute atomic E-state index is 0.631. The van der Waals surface area contributed by atoms with Crippen molar-refractivity contribution in [2.45, 2.75) is 19.5 Å². The number of para-hydroxylation sites is 1. The molecule has 4 rings (SSSR count). The van der Waals surface area contributed by atoms with Gasteiger partial charge in [-0.05, 0) is 35.7 Å². The van der Waals surface area contributed by atoms with Crippen molar-refractivity contribution in [2.75, 3.05) is 12.4 Å². The van der Waals surface area contributed by atoms with E-state index in [0.717, 1.165) is 46.5 Å². The molecule has 0 saturated heterocycles. The van der Waals surface area contributed by atoms with Gasteiger partial charge in [0, 0.05) is 23.7 Å². The predicted octanol–water partition coefficient (Wildman–Crippen LogP) is 6.07. The van der Waals surface area contributed by atoms with Crippen LogP contribution in [0, 0.1) is 0 Å². The largest absolute Gasteiger partial charge is 0.496 e. The minimum atomic E-state index is 0.631. The van der Waals surface area contributed by atoms with Crippen molar-refractivity contribution < 1.29 is 4.74 Å². The number of nitrogens with one attached hydrogen (secondary N) is 1. The van der Waals surface area contributed by atoms with Gasteiger partial charge in [0.2, 0.25) is 5.95 Å². The highest BCUT2D eigenvalue weighted by Gasteiger charge is 2.13. The number of anilines is 1. The fourth-order valence-electron chi connectivity index (χ4n) is 3.50. The molecule has 0 saturated carbocycles. The summed E-state index contributed by atoms with van der Waals surface area (Å²) in [5.74, 6) is 1.70. The van der Waals surface area contributed by atoms with E-state index in [1.165, 1.54) is 5.56 Å². The van der Waals surface area contributed by atoms with Crippen LogP contribution in [0.2, 0.25) is 5.02 Å². The maximum absolute atomic E-state index is 6.08. The standard InChI is InChI=1S/C25H24ClN3O/c1-30-24-10-6-5-9-21(24)17-27-25-28-18-23(20-11-13-22(26)14-12-20)29(25)16-15-19-7-3-2-4-8-19/h2-14,18H,15-17H2,1H3,(H,27,28). The Hall–Kier alpha value is -3.24. The molecule has 152 valence electrons. The van der Waals surface area contributed by atoms with E-state index in [2.05, 4.69) is 45.2 Å². The first kappa shape index (κ1) is 20.0. The second kappa shape index (κ2) is 9.51. The van der Waals surface area contributed by atoms with Gasteiger partial charge in [0.15, 0.2) is 0 Å². The van der Waals surface area contributed by atoms with Gasteiger partial charge in [-0.25, -0.2) is 4.98 Å². The first-order valence-corrected chi connectivity index (χ1v) is 10.3. The Morgan fingerprint density at radius 3 is 2.43 bits per heavy atom. The Morgan fingerprint density at radius 2 is 1.67 bits per heavy atom. The molecule has 0 spiro atoms. The van der Waals surface area contributed by atoms with Gasteiger partial charge in [0.1, 0.15) is 5.75 Å². The zero-order valence-electron chi connectivity index (χ0n) is 16.9. The van der Waals surface area contributed by atoms with E-state index in [1.807, 2.05) is 54.7 Å². The van der Waals surface area contributed by atoms with Gasteiger partial charge in [0.25, 0.3) is 0 Å². The molecule has 0 bridgehead atoms. The van der Waals surface area contributed by atoms with Crippen molar-refractivity contribution in [2.24, 2.45) is 0 Å². The molecule has 0 unspecified atom stereocenters. The van der Waals surface area contributed by atoms with Crippen molar-refractivity contribution >= 4 is 17.5 Å². The molecule has 4 aromatic rings. The summed E-state index contributed by atoms with van der Waals surface area (Å²) in [5.41, 5.74) is 4.53. The van der Waals surface area contributed by atoms with Crippen molar-refractivity contribution in [3.8, 4) is 17.0 Å². The lowest BCUT2D eigenvalue weighted by Gasteiger charge is -2.15. The summed E-state index contributed by atoms with van der Waals surface area (Å²) in [5, 5.41) is 4.21. The van der Waals surface area contributed by atoms with Gasteiger partial charge in [-0.2, -0.15) is 0 Å². The maximum atomic E-state index is 6.08. The highest BCUT2D eigenvalue weighted by Crippen LogP contribution is 2.26. The third kappa shape index (κ3) is 4.66. The number of benzene rings is 3. The Labute approximate surface area is 182 Å². The van der Waals surface area contributed by atoms with Crippen molar-refractivity contribution in [1.29, 1.82) is 0 Å². The quantitative estimate of drug-likeness (QED) is 0.378. The number of nitrogens with zero attached hydrogens (tertiary/aromatic N) is 2. The molecular weight excluding hydrogens is 394 g/mol. The Bertz CT molecular complexity index is 1090. The number of hydrogen-bond donors (Lipinski definition) is 1. The predicted molar refractivity (Wildman–Crippen MR) is 123 cm³/mol. The second-order valence-corrected chi connectivity index (χ2v) is 7.46. The molecule has 0 aliphatic rings. The average molecular weight is 418 g/mol. The van der Waals surface area contributed by atoms with Crippen LogP contribution in [0.5, 0.6) is 5.75 Å². The fourth-order valence-corrected chi connectivity index (χ4v) is 3.63. The topological polar surface area (TPSA) is 39.1 Å². The lowest BCUT2D eigenvalue weighted by Crippen LogP contribution is -2.11. The van der Waals surface area contributed by atoms with E-state index in [4.69, 9.17) is 16.3 Å². The van der Waals surface area contributed by atoms with Crippen LogP contribution in [-0.4, -0.2) is 16.7 Å². The first-order valence-electron chi connectivity index (χ1n) is 9.96. The second-order valence-electron chi connectivity index (χ2n) is 7.03. The summed E-state index contributed by atoms with van der Waals surface area (Å²) < 4.78 is 7.70. The van der Waals surface area contributed by atoms with Crippen LogP contribution in [0.3, 0.4) is 0 Å². The molecule has 0 atom stereocenters. The zero-order chi connectivity index (χ0) is 20.8. The van der Waals surface area contributed by atoms with Crippen LogP contribution < -0.4 is 10.1 Å². The van der Waals surface area contributed by atoms with Gasteiger partial charge in [-0.1, -0.05) is 72.3 Å². The number of halogens is 1. The number of ether oxygens (including phenoxy) is 1. The number of rotatable bonds is 8. The van der Waals surface area contributed by atoms with Crippen LogP contribution in [0.15, 0.2) is 85.1 Å². The van der Waals surface area contributed by atoms with Crippen molar-refractivity contribution in [1.82, 2.24) is 9.55 Å². The van der Waals surface area contributed by atoms with Crippen LogP contribution in [0.4, 0.5) is 5.95 Å². The van der Waals surface area contributed by atoms with Crippen LogP contribution in [-0.2, 0) is 19.5 Å². The monoisotopic (exact) mass is 417 g/mol. The molecule has 1 heterocycles. The summed E-state index contributed by atoms with van der Waals surface area (Å²) in [7, 11) is 1.69. The number of methoxy groups -OCH3 is 1. The molecule has 0 aliphatic heterocycles. The summed E-state index contributed by atoms with van der Waals surface area (Å²) in [6, 6.07) is 26.4. The zero-order valence-corrected chi connectivity index (χ0v) is 17.6. The van der Waals surface area contributed by atoms with Gasteiger partial charge >= 0.3 is 0 Å². The summed E-state index contributed by atoms with van der Waals surface area (Å²) in [6.45, 7) is 1.45. The van der Waals surface area contributed by atoms with Crippen LogP contribution in [0.1, 0.15) is 11.1 Å². The number of aromatic nitrogens is 2. The van der Waals surface area contributed by atoms with E-state index >= 15 is 0 Å². The van der Waals surface area contributed by atoms with Gasteiger partial charge in [0.05, 0.1) is 19.0 Å². The van der Waals surface area contributed by atoms with E-state index in [1.54, 1.807) is 7.11 Å². The molecule has 0 fully saturated rings. The van der Waals surface area contributed by atoms with E-state index in [-0.39, 0.29) is 0 Å². The lowest BCUT2D eigenvalue weighted by molar-refractivity contribution is 0.410. The fraction of sp³-hybridized carbons (Fsp3) is 0.160. The molecule has 0 aliphatic carbocycles. The normalized spacial score (nSPS) is 10.7.